The molecule has 1 saturated carbocycles. The van der Waals surface area contributed by atoms with Crippen LogP contribution in [0.25, 0.3) is 0 Å². The third kappa shape index (κ3) is 4.01. The van der Waals surface area contributed by atoms with Crippen molar-refractivity contribution in [1.82, 2.24) is 9.44 Å². The van der Waals surface area contributed by atoms with Crippen molar-refractivity contribution in [3.8, 4) is 0 Å². The van der Waals surface area contributed by atoms with Crippen molar-refractivity contribution < 1.29 is 8.42 Å². The largest absolute Gasteiger partial charge is 0.329 e. The summed E-state index contributed by atoms with van der Waals surface area (Å²) in [6.07, 6.45) is 7.35. The lowest BCUT2D eigenvalue weighted by molar-refractivity contribution is 0.295. The van der Waals surface area contributed by atoms with E-state index in [4.69, 9.17) is 5.73 Å². The molecule has 0 aliphatic heterocycles. The number of nitrogens with two attached hydrogens (primary N) is 1. The summed E-state index contributed by atoms with van der Waals surface area (Å²) in [7, 11) is -1.99. The Morgan fingerprint density at radius 3 is 2.06 bits per heavy atom. The van der Waals surface area contributed by atoms with Crippen LogP contribution >= 0.6 is 0 Å². The molecule has 0 saturated heterocycles. The second-order valence-electron chi connectivity index (χ2n) is 4.56. The van der Waals surface area contributed by atoms with Crippen LogP contribution in [0.4, 0.5) is 0 Å². The highest BCUT2D eigenvalue weighted by atomic mass is 32.2. The van der Waals surface area contributed by atoms with E-state index in [2.05, 4.69) is 9.44 Å². The van der Waals surface area contributed by atoms with Crippen LogP contribution in [0.15, 0.2) is 0 Å². The van der Waals surface area contributed by atoms with E-state index in [0.717, 1.165) is 25.7 Å². The maximum atomic E-state index is 11.6. The Morgan fingerprint density at radius 1 is 1.12 bits per heavy atom. The zero-order valence-electron chi connectivity index (χ0n) is 9.96. The number of rotatable bonds is 4. The van der Waals surface area contributed by atoms with Gasteiger partial charge in [-0.3, -0.25) is 0 Å². The molecule has 0 amide bonds. The molecule has 0 bridgehead atoms. The van der Waals surface area contributed by atoms with E-state index in [-0.39, 0.29) is 0 Å². The monoisotopic (exact) mass is 249 g/mol. The van der Waals surface area contributed by atoms with Gasteiger partial charge in [0.15, 0.2) is 0 Å². The van der Waals surface area contributed by atoms with Crippen molar-refractivity contribution in [3.05, 3.63) is 0 Å². The number of nitrogens with one attached hydrogen (secondary N) is 2. The molecule has 0 aromatic heterocycles. The van der Waals surface area contributed by atoms with E-state index in [1.165, 1.54) is 26.3 Å². The maximum absolute atomic E-state index is 11.6. The van der Waals surface area contributed by atoms with Gasteiger partial charge in [-0.05, 0) is 12.8 Å². The van der Waals surface area contributed by atoms with Crippen molar-refractivity contribution >= 4 is 10.2 Å². The smallest absolute Gasteiger partial charge is 0.277 e. The van der Waals surface area contributed by atoms with Crippen LogP contribution in [0, 0.1) is 0 Å². The minimum Gasteiger partial charge on any atom is -0.329 e. The van der Waals surface area contributed by atoms with E-state index in [0.29, 0.717) is 6.54 Å². The molecule has 1 fully saturated rings. The predicted octanol–water partition coefficient (Wildman–Crippen LogP) is 0.482. The third-order valence-corrected chi connectivity index (χ3v) is 4.56. The van der Waals surface area contributed by atoms with Gasteiger partial charge in [-0.15, -0.1) is 0 Å². The van der Waals surface area contributed by atoms with Gasteiger partial charge >= 0.3 is 0 Å². The minimum atomic E-state index is -3.40. The lowest BCUT2D eigenvalue weighted by atomic mass is 9.85. The van der Waals surface area contributed by atoms with E-state index in [1.54, 1.807) is 0 Å². The van der Waals surface area contributed by atoms with Gasteiger partial charge in [0.05, 0.1) is 0 Å². The van der Waals surface area contributed by atoms with Gasteiger partial charge in [0.2, 0.25) is 0 Å². The molecule has 0 aromatic rings. The summed E-state index contributed by atoms with van der Waals surface area (Å²) >= 11 is 0. The fourth-order valence-electron chi connectivity index (χ4n) is 2.27. The Kier molecular flexibility index (Phi) is 5.17. The van der Waals surface area contributed by atoms with Crippen molar-refractivity contribution in [3.63, 3.8) is 0 Å². The summed E-state index contributed by atoms with van der Waals surface area (Å²) < 4.78 is 28.1. The van der Waals surface area contributed by atoms with Gasteiger partial charge in [0.1, 0.15) is 0 Å². The second-order valence-corrected chi connectivity index (χ2v) is 6.18. The first-order valence-electron chi connectivity index (χ1n) is 5.96. The van der Waals surface area contributed by atoms with Crippen LogP contribution < -0.4 is 15.2 Å². The van der Waals surface area contributed by atoms with Gasteiger partial charge in [-0.1, -0.05) is 32.1 Å². The van der Waals surface area contributed by atoms with Gasteiger partial charge < -0.3 is 5.73 Å². The fourth-order valence-corrected chi connectivity index (χ4v) is 3.23. The molecule has 0 atom stereocenters. The van der Waals surface area contributed by atoms with Crippen molar-refractivity contribution in [2.24, 2.45) is 5.73 Å². The maximum Gasteiger partial charge on any atom is 0.277 e. The minimum absolute atomic E-state index is 0.369. The first kappa shape index (κ1) is 13.9. The first-order chi connectivity index (χ1) is 7.54. The van der Waals surface area contributed by atoms with E-state index < -0.39 is 15.7 Å². The molecular weight excluding hydrogens is 226 g/mol. The molecule has 96 valence electrons. The molecule has 0 unspecified atom stereocenters. The lowest BCUT2D eigenvalue weighted by Crippen LogP contribution is -2.56. The average molecular weight is 249 g/mol. The highest BCUT2D eigenvalue weighted by molar-refractivity contribution is 7.87. The summed E-state index contributed by atoms with van der Waals surface area (Å²) in [5, 5.41) is 0. The highest BCUT2D eigenvalue weighted by Gasteiger charge is 2.32. The van der Waals surface area contributed by atoms with E-state index in [1.807, 2.05) is 0 Å². The molecular formula is C10H23N3O2S. The summed E-state index contributed by atoms with van der Waals surface area (Å²) in [5.41, 5.74) is 5.32. The van der Waals surface area contributed by atoms with Gasteiger partial charge in [-0.25, -0.2) is 4.72 Å². The Bertz CT molecular complexity index is 295. The molecule has 16 heavy (non-hydrogen) atoms. The van der Waals surface area contributed by atoms with Crippen molar-refractivity contribution in [2.75, 3.05) is 13.6 Å². The van der Waals surface area contributed by atoms with E-state index in [9.17, 15) is 8.42 Å². The van der Waals surface area contributed by atoms with Gasteiger partial charge in [-0.2, -0.15) is 13.1 Å². The topological polar surface area (TPSA) is 84.2 Å². The predicted molar refractivity (Wildman–Crippen MR) is 65.2 cm³/mol. The van der Waals surface area contributed by atoms with Gasteiger partial charge in [0, 0.05) is 19.1 Å². The lowest BCUT2D eigenvalue weighted by Gasteiger charge is -2.34. The summed E-state index contributed by atoms with van der Waals surface area (Å²) in [4.78, 5) is 0. The quantitative estimate of drug-likeness (QED) is 0.677. The second kappa shape index (κ2) is 5.95. The van der Waals surface area contributed by atoms with Crippen molar-refractivity contribution in [2.45, 2.75) is 50.5 Å². The van der Waals surface area contributed by atoms with Gasteiger partial charge in [0.25, 0.3) is 10.2 Å². The Morgan fingerprint density at radius 2 is 1.62 bits per heavy atom. The number of hydrogen-bond donors (Lipinski definition) is 3. The van der Waals surface area contributed by atoms with Crippen LogP contribution in [0.1, 0.15) is 44.9 Å². The van der Waals surface area contributed by atoms with Crippen LogP contribution in [0.2, 0.25) is 0 Å². The normalized spacial score (nSPS) is 22.4. The molecule has 0 heterocycles. The molecule has 5 nitrogen and oxygen atoms in total. The SMILES string of the molecule is CNS(=O)(=O)NC1(CN)CCCCCCC1. The van der Waals surface area contributed by atoms with Crippen LogP contribution in [0.5, 0.6) is 0 Å². The molecule has 0 radical (unpaired) electrons. The molecule has 1 aliphatic rings. The molecule has 0 aromatic carbocycles. The summed E-state index contributed by atoms with van der Waals surface area (Å²) in [5.74, 6) is 0. The van der Waals surface area contributed by atoms with Crippen LogP contribution in [0.3, 0.4) is 0 Å². The first-order valence-corrected chi connectivity index (χ1v) is 7.44. The standard InChI is InChI=1S/C10H23N3O2S/c1-12-16(14,15)13-10(9-11)7-5-3-2-4-6-8-10/h12-13H,2-9,11H2,1H3. The summed E-state index contributed by atoms with van der Waals surface area (Å²) in [6.45, 7) is 0.369. The molecule has 1 aliphatic carbocycles. The highest BCUT2D eigenvalue weighted by Crippen LogP contribution is 2.26. The fraction of sp³-hybridized carbons (Fsp3) is 1.00. The Balaban J connectivity index is 2.73. The van der Waals surface area contributed by atoms with E-state index >= 15 is 0 Å². The zero-order chi connectivity index (χ0) is 12.1. The average Bonchev–Trinajstić information content (AvgIpc) is 2.22. The molecule has 6 heteroatoms. The zero-order valence-corrected chi connectivity index (χ0v) is 10.8. The summed E-state index contributed by atoms with van der Waals surface area (Å²) in [6, 6.07) is 0. The number of hydrogen-bond acceptors (Lipinski definition) is 3. The Hall–Kier alpha value is -0.170. The van der Waals surface area contributed by atoms with Crippen LogP contribution in [-0.2, 0) is 10.2 Å². The Labute approximate surface area is 98.4 Å². The van der Waals surface area contributed by atoms with Crippen molar-refractivity contribution in [1.29, 1.82) is 0 Å². The van der Waals surface area contributed by atoms with Crippen LogP contribution in [-0.4, -0.2) is 27.5 Å². The molecule has 4 N–H and O–H groups in total. The molecule has 0 spiro atoms. The molecule has 1 rings (SSSR count). The third-order valence-electron chi connectivity index (χ3n) is 3.32.